The lowest BCUT2D eigenvalue weighted by atomic mass is 10.3. The fourth-order valence-corrected chi connectivity index (χ4v) is 1.11. The van der Waals surface area contributed by atoms with Crippen LogP contribution in [-0.2, 0) is 18.2 Å². The maximum absolute atomic E-state index is 5.38. The van der Waals surface area contributed by atoms with E-state index in [-0.39, 0.29) is 0 Å². The summed E-state index contributed by atoms with van der Waals surface area (Å²) < 4.78 is 7.25. The van der Waals surface area contributed by atoms with Gasteiger partial charge in [-0.05, 0) is 19.0 Å². The van der Waals surface area contributed by atoms with Gasteiger partial charge >= 0.3 is 0 Å². The summed E-state index contributed by atoms with van der Waals surface area (Å²) in [5.41, 5.74) is 6.54. The molecular weight excluding hydrogens is 166 g/mol. The average Bonchev–Trinajstić information content (AvgIpc) is 2.52. The minimum atomic E-state index is 0.700. The molecule has 0 aliphatic carbocycles. The predicted octanol–water partition coefficient (Wildman–Crippen LogP) is 0.328. The summed E-state index contributed by atoms with van der Waals surface area (Å²) in [6, 6.07) is 2.01. The van der Waals surface area contributed by atoms with E-state index in [9.17, 15) is 0 Å². The summed E-state index contributed by atoms with van der Waals surface area (Å²) in [7, 11) is 1.94. The lowest BCUT2D eigenvalue weighted by Gasteiger charge is -2.03. The van der Waals surface area contributed by atoms with Crippen LogP contribution in [-0.4, -0.2) is 29.5 Å². The molecule has 1 aromatic heterocycles. The summed E-state index contributed by atoms with van der Waals surface area (Å²) in [6.07, 6.45) is 3.65. The molecule has 0 aromatic carbocycles. The van der Waals surface area contributed by atoms with Crippen LogP contribution in [0.5, 0.6) is 0 Å². The van der Waals surface area contributed by atoms with E-state index >= 15 is 0 Å². The number of nitrogens with two attached hydrogens (primary N) is 1. The van der Waals surface area contributed by atoms with Gasteiger partial charge in [0.05, 0.1) is 6.61 Å². The highest BCUT2D eigenvalue weighted by molar-refractivity contribution is 4.99. The Morgan fingerprint density at radius 2 is 2.38 bits per heavy atom. The van der Waals surface area contributed by atoms with E-state index in [4.69, 9.17) is 10.5 Å². The van der Waals surface area contributed by atoms with Crippen molar-refractivity contribution in [2.24, 2.45) is 12.8 Å². The fourth-order valence-electron chi connectivity index (χ4n) is 1.11. The third-order valence-electron chi connectivity index (χ3n) is 1.92. The molecule has 1 rings (SSSR count). The number of hydrogen-bond donors (Lipinski definition) is 1. The van der Waals surface area contributed by atoms with Gasteiger partial charge in [0, 0.05) is 32.0 Å². The van der Waals surface area contributed by atoms with Gasteiger partial charge < -0.3 is 10.5 Å². The molecule has 4 nitrogen and oxygen atoms in total. The Balaban J connectivity index is 2.10. The zero-order valence-corrected chi connectivity index (χ0v) is 8.07. The Morgan fingerprint density at radius 1 is 1.54 bits per heavy atom. The van der Waals surface area contributed by atoms with Gasteiger partial charge in [0.15, 0.2) is 0 Å². The monoisotopic (exact) mass is 183 g/mol. The van der Waals surface area contributed by atoms with E-state index in [1.54, 1.807) is 6.20 Å². The van der Waals surface area contributed by atoms with Gasteiger partial charge in [-0.3, -0.25) is 4.68 Å². The van der Waals surface area contributed by atoms with Crippen molar-refractivity contribution in [2.75, 3.05) is 19.8 Å². The van der Waals surface area contributed by atoms with E-state index in [0.717, 1.165) is 26.1 Å². The molecule has 0 bridgehead atoms. The molecule has 0 unspecified atom stereocenters. The van der Waals surface area contributed by atoms with E-state index in [2.05, 4.69) is 5.10 Å². The van der Waals surface area contributed by atoms with Gasteiger partial charge in [-0.1, -0.05) is 0 Å². The normalized spacial score (nSPS) is 10.6. The molecule has 0 aliphatic heterocycles. The van der Waals surface area contributed by atoms with Crippen molar-refractivity contribution in [1.82, 2.24) is 9.78 Å². The number of hydrogen-bond acceptors (Lipinski definition) is 3. The Kier molecular flexibility index (Phi) is 4.49. The van der Waals surface area contributed by atoms with Crippen LogP contribution in [0.15, 0.2) is 12.3 Å². The van der Waals surface area contributed by atoms with Gasteiger partial charge in [0.2, 0.25) is 0 Å². The van der Waals surface area contributed by atoms with Gasteiger partial charge in [-0.25, -0.2) is 0 Å². The second-order valence-corrected chi connectivity index (χ2v) is 2.95. The first kappa shape index (κ1) is 10.2. The second-order valence-electron chi connectivity index (χ2n) is 2.95. The first-order valence-electron chi connectivity index (χ1n) is 4.59. The minimum absolute atomic E-state index is 0.700. The average molecular weight is 183 g/mol. The van der Waals surface area contributed by atoms with Crippen molar-refractivity contribution in [3.8, 4) is 0 Å². The zero-order chi connectivity index (χ0) is 9.52. The molecule has 1 heterocycles. The number of aryl methyl sites for hydroxylation is 1. The Hall–Kier alpha value is -0.870. The molecule has 0 fully saturated rings. The van der Waals surface area contributed by atoms with E-state index < -0.39 is 0 Å². The van der Waals surface area contributed by atoms with Crippen molar-refractivity contribution >= 4 is 0 Å². The number of rotatable bonds is 6. The Morgan fingerprint density at radius 3 is 3.00 bits per heavy atom. The van der Waals surface area contributed by atoms with Crippen molar-refractivity contribution in [3.63, 3.8) is 0 Å². The van der Waals surface area contributed by atoms with Crippen LogP contribution in [0.3, 0.4) is 0 Å². The third-order valence-corrected chi connectivity index (χ3v) is 1.92. The summed E-state index contributed by atoms with van der Waals surface area (Å²) in [4.78, 5) is 0. The van der Waals surface area contributed by atoms with Crippen LogP contribution in [0, 0.1) is 0 Å². The van der Waals surface area contributed by atoms with Crippen LogP contribution in [0.25, 0.3) is 0 Å². The van der Waals surface area contributed by atoms with Gasteiger partial charge in [-0.15, -0.1) is 0 Å². The summed E-state index contributed by atoms with van der Waals surface area (Å²) in [5, 5.41) is 4.07. The molecule has 13 heavy (non-hydrogen) atoms. The van der Waals surface area contributed by atoms with Crippen molar-refractivity contribution in [1.29, 1.82) is 0 Å². The van der Waals surface area contributed by atoms with Crippen molar-refractivity contribution in [3.05, 3.63) is 18.0 Å². The Labute approximate surface area is 78.7 Å². The number of nitrogens with zero attached hydrogens (tertiary/aromatic N) is 2. The highest BCUT2D eigenvalue weighted by Crippen LogP contribution is 1.97. The maximum Gasteiger partial charge on any atom is 0.0521 e. The Bertz CT molecular complexity index is 235. The standard InChI is InChI=1S/C9H17N3O/c1-12-9(3-6-11-12)4-8-13-7-2-5-10/h3,6H,2,4-5,7-8,10H2,1H3. The lowest BCUT2D eigenvalue weighted by Crippen LogP contribution is -2.08. The minimum Gasteiger partial charge on any atom is -0.381 e. The largest absolute Gasteiger partial charge is 0.381 e. The summed E-state index contributed by atoms with van der Waals surface area (Å²) >= 11 is 0. The maximum atomic E-state index is 5.38. The number of ether oxygens (including phenoxy) is 1. The van der Waals surface area contributed by atoms with Crippen molar-refractivity contribution < 1.29 is 4.74 Å². The molecule has 4 heteroatoms. The lowest BCUT2D eigenvalue weighted by molar-refractivity contribution is 0.135. The molecule has 0 atom stereocenters. The quantitative estimate of drug-likeness (QED) is 0.646. The van der Waals surface area contributed by atoms with Crippen LogP contribution in [0.1, 0.15) is 12.1 Å². The topological polar surface area (TPSA) is 53.1 Å². The third kappa shape index (κ3) is 3.57. The predicted molar refractivity (Wildman–Crippen MR) is 51.4 cm³/mol. The summed E-state index contributed by atoms with van der Waals surface area (Å²) in [6.45, 7) is 2.21. The SMILES string of the molecule is Cn1nccc1CCOCCCN. The molecule has 0 spiro atoms. The molecule has 0 aliphatic rings. The van der Waals surface area contributed by atoms with Gasteiger partial charge in [0.1, 0.15) is 0 Å². The van der Waals surface area contributed by atoms with Crippen LogP contribution in [0.4, 0.5) is 0 Å². The highest BCUT2D eigenvalue weighted by atomic mass is 16.5. The molecule has 0 saturated carbocycles. The molecule has 0 radical (unpaired) electrons. The van der Waals surface area contributed by atoms with Gasteiger partial charge in [0.25, 0.3) is 0 Å². The van der Waals surface area contributed by atoms with Gasteiger partial charge in [-0.2, -0.15) is 5.10 Å². The molecular formula is C9H17N3O. The van der Waals surface area contributed by atoms with E-state index in [0.29, 0.717) is 6.54 Å². The molecule has 74 valence electrons. The first-order chi connectivity index (χ1) is 6.34. The first-order valence-corrected chi connectivity index (χ1v) is 4.59. The molecule has 2 N–H and O–H groups in total. The molecule has 0 amide bonds. The molecule has 0 saturated heterocycles. The smallest absolute Gasteiger partial charge is 0.0521 e. The van der Waals surface area contributed by atoms with Crippen LogP contribution >= 0.6 is 0 Å². The molecule has 1 aromatic rings. The van der Waals surface area contributed by atoms with E-state index in [1.165, 1.54) is 5.69 Å². The highest BCUT2D eigenvalue weighted by Gasteiger charge is 1.97. The number of aromatic nitrogens is 2. The summed E-state index contributed by atoms with van der Waals surface area (Å²) in [5.74, 6) is 0. The van der Waals surface area contributed by atoms with Crippen LogP contribution < -0.4 is 5.73 Å². The van der Waals surface area contributed by atoms with Crippen LogP contribution in [0.2, 0.25) is 0 Å². The fraction of sp³-hybridized carbons (Fsp3) is 0.667. The van der Waals surface area contributed by atoms with E-state index in [1.807, 2.05) is 17.8 Å². The van der Waals surface area contributed by atoms with Crippen molar-refractivity contribution in [2.45, 2.75) is 12.8 Å². The zero-order valence-electron chi connectivity index (χ0n) is 8.07. The second kappa shape index (κ2) is 5.72.